The molecule has 4 aromatic rings. The molecule has 0 radical (unpaired) electrons. The fourth-order valence-corrected chi connectivity index (χ4v) is 6.54. The first-order valence-corrected chi connectivity index (χ1v) is 12.9. The number of aromatic hydroxyl groups is 5. The molecule has 1 aliphatic carbocycles. The van der Waals surface area contributed by atoms with Crippen molar-refractivity contribution in [3.8, 4) is 40.2 Å². The van der Waals surface area contributed by atoms with Crippen LogP contribution in [0.25, 0.3) is 0 Å². The van der Waals surface area contributed by atoms with Crippen molar-refractivity contribution in [3.05, 3.63) is 100 Å². The third-order valence-corrected chi connectivity index (χ3v) is 8.34. The van der Waals surface area contributed by atoms with Crippen LogP contribution in [0.3, 0.4) is 0 Å². The van der Waals surface area contributed by atoms with E-state index >= 15 is 0 Å². The summed E-state index contributed by atoms with van der Waals surface area (Å²) in [4.78, 5) is 0. The monoisotopic (exact) mass is 542 g/mol. The third-order valence-electron chi connectivity index (χ3n) is 8.34. The Hall–Kier alpha value is -4.60. The highest BCUT2D eigenvalue weighted by atomic mass is 16.5. The van der Waals surface area contributed by atoms with E-state index in [2.05, 4.69) is 0 Å². The van der Waals surface area contributed by atoms with Gasteiger partial charge in [-0.1, -0.05) is 24.3 Å². The number of hydrogen-bond acceptors (Lipinski definition) is 9. The number of aliphatic hydroxyl groups excluding tert-OH is 2. The molecule has 40 heavy (non-hydrogen) atoms. The molecular formula is C31H26O9. The van der Waals surface area contributed by atoms with Gasteiger partial charge in [0.1, 0.15) is 52.5 Å². The molecule has 3 aliphatic rings. The van der Waals surface area contributed by atoms with Gasteiger partial charge in [-0.15, -0.1) is 0 Å². The van der Waals surface area contributed by atoms with Gasteiger partial charge in [0.25, 0.3) is 0 Å². The summed E-state index contributed by atoms with van der Waals surface area (Å²) in [5.74, 6) is -0.850. The van der Waals surface area contributed by atoms with E-state index in [1.54, 1.807) is 24.3 Å². The van der Waals surface area contributed by atoms with Crippen LogP contribution in [0, 0.1) is 0 Å². The van der Waals surface area contributed by atoms with Gasteiger partial charge in [-0.25, -0.2) is 0 Å². The molecule has 0 aromatic heterocycles. The molecule has 9 nitrogen and oxygen atoms in total. The highest BCUT2D eigenvalue weighted by Gasteiger charge is 2.57. The van der Waals surface area contributed by atoms with Crippen molar-refractivity contribution in [1.82, 2.24) is 0 Å². The molecular weight excluding hydrogens is 516 g/mol. The van der Waals surface area contributed by atoms with Crippen LogP contribution in [0.15, 0.2) is 66.7 Å². The van der Waals surface area contributed by atoms with Crippen molar-refractivity contribution in [2.75, 3.05) is 0 Å². The second kappa shape index (κ2) is 8.45. The first kappa shape index (κ1) is 24.4. The van der Waals surface area contributed by atoms with E-state index in [1.807, 2.05) is 0 Å². The summed E-state index contributed by atoms with van der Waals surface area (Å²) >= 11 is 0. The van der Waals surface area contributed by atoms with Gasteiger partial charge in [0, 0.05) is 41.7 Å². The molecule has 204 valence electrons. The molecule has 2 heterocycles. The Morgan fingerprint density at radius 1 is 0.725 bits per heavy atom. The van der Waals surface area contributed by atoms with E-state index in [1.165, 1.54) is 42.5 Å². The lowest BCUT2D eigenvalue weighted by Crippen LogP contribution is -2.55. The molecule has 0 spiro atoms. The minimum absolute atomic E-state index is 0.0350. The van der Waals surface area contributed by atoms with Crippen molar-refractivity contribution in [2.45, 2.75) is 42.7 Å². The van der Waals surface area contributed by atoms with Crippen LogP contribution in [0.5, 0.6) is 40.2 Å². The summed E-state index contributed by atoms with van der Waals surface area (Å²) in [6.07, 6.45) is -2.99. The Morgan fingerprint density at radius 3 is 2.10 bits per heavy atom. The summed E-state index contributed by atoms with van der Waals surface area (Å²) in [7, 11) is 0. The van der Waals surface area contributed by atoms with Gasteiger partial charge in [0.15, 0.2) is 5.60 Å². The van der Waals surface area contributed by atoms with E-state index < -0.39 is 29.8 Å². The van der Waals surface area contributed by atoms with Gasteiger partial charge in [-0.3, -0.25) is 0 Å². The highest BCUT2D eigenvalue weighted by Crippen LogP contribution is 2.61. The minimum atomic E-state index is -1.39. The summed E-state index contributed by atoms with van der Waals surface area (Å²) in [5, 5.41) is 75.1. The van der Waals surface area contributed by atoms with Crippen LogP contribution in [0.1, 0.15) is 45.4 Å². The van der Waals surface area contributed by atoms with Gasteiger partial charge in [0.05, 0.1) is 12.0 Å². The van der Waals surface area contributed by atoms with Gasteiger partial charge in [-0.2, -0.15) is 0 Å². The van der Waals surface area contributed by atoms with Crippen molar-refractivity contribution < 1.29 is 45.2 Å². The highest BCUT2D eigenvalue weighted by molar-refractivity contribution is 5.67. The fraction of sp³-hybridized carbons (Fsp3) is 0.226. The van der Waals surface area contributed by atoms with Crippen molar-refractivity contribution in [3.63, 3.8) is 0 Å². The van der Waals surface area contributed by atoms with E-state index in [0.717, 1.165) is 0 Å². The maximum absolute atomic E-state index is 12.0. The van der Waals surface area contributed by atoms with Crippen LogP contribution in [-0.4, -0.2) is 48.0 Å². The molecule has 9 heteroatoms. The Morgan fingerprint density at radius 2 is 1.40 bits per heavy atom. The number of phenolic OH excluding ortho intramolecular Hbond substituents is 5. The molecule has 0 fully saturated rings. The van der Waals surface area contributed by atoms with Crippen molar-refractivity contribution >= 4 is 0 Å². The summed E-state index contributed by atoms with van der Waals surface area (Å²) < 4.78 is 12.9. The Bertz CT molecular complexity index is 1650. The third kappa shape index (κ3) is 3.41. The Balaban J connectivity index is 1.47. The molecule has 7 N–H and O–H groups in total. The maximum atomic E-state index is 12.0. The molecule has 0 saturated carbocycles. The van der Waals surface area contributed by atoms with Crippen LogP contribution in [-0.2, 0) is 18.4 Å². The molecule has 2 aliphatic heterocycles. The number of ether oxygens (including phenoxy) is 2. The van der Waals surface area contributed by atoms with Gasteiger partial charge < -0.3 is 45.2 Å². The normalized spacial score (nSPS) is 26.1. The second-order valence-corrected chi connectivity index (χ2v) is 10.7. The molecule has 7 rings (SSSR count). The van der Waals surface area contributed by atoms with E-state index in [4.69, 9.17) is 9.47 Å². The lowest BCUT2D eigenvalue weighted by molar-refractivity contribution is -0.0904. The van der Waals surface area contributed by atoms with Crippen LogP contribution >= 0.6 is 0 Å². The molecule has 4 aromatic carbocycles. The van der Waals surface area contributed by atoms with E-state index in [0.29, 0.717) is 33.4 Å². The standard InChI is InChI=1S/C31H26O9/c32-17-5-1-14(2-6-17)28-23(37)11-20-21(35)12-24-26(29(20)39-28)27-25-15(9-19(34)10-22(25)36)13-31(40-24,30(27)38)16-3-7-18(33)8-4-16/h1-10,12,23,27-28,30,32-38H,11,13H2/t23?,27-,28-,30+,31+/m1/s1. The summed E-state index contributed by atoms with van der Waals surface area (Å²) in [6.45, 7) is 0. The van der Waals surface area contributed by atoms with E-state index in [-0.39, 0.29) is 53.1 Å². The van der Waals surface area contributed by atoms with Gasteiger partial charge in [-0.05, 0) is 47.0 Å². The number of rotatable bonds is 2. The van der Waals surface area contributed by atoms with Crippen LogP contribution < -0.4 is 9.47 Å². The van der Waals surface area contributed by atoms with E-state index in [9.17, 15) is 35.7 Å². The summed E-state index contributed by atoms with van der Waals surface area (Å²) in [5.41, 5.74) is 1.45. The first-order chi connectivity index (χ1) is 19.2. The maximum Gasteiger partial charge on any atom is 0.165 e. The number of aliphatic hydroxyl groups is 2. The summed E-state index contributed by atoms with van der Waals surface area (Å²) in [6, 6.07) is 16.7. The van der Waals surface area contributed by atoms with Crippen molar-refractivity contribution in [2.24, 2.45) is 0 Å². The lowest BCUT2D eigenvalue weighted by Gasteiger charge is -2.51. The zero-order chi connectivity index (χ0) is 27.9. The minimum Gasteiger partial charge on any atom is -0.508 e. The van der Waals surface area contributed by atoms with Gasteiger partial charge in [0.2, 0.25) is 0 Å². The number of hydrogen-bond donors (Lipinski definition) is 7. The predicted octanol–water partition coefficient (Wildman–Crippen LogP) is 3.59. The average Bonchev–Trinajstić information content (AvgIpc) is 2.90. The van der Waals surface area contributed by atoms with Crippen molar-refractivity contribution in [1.29, 1.82) is 0 Å². The molecule has 0 amide bonds. The Labute approximate surface area is 228 Å². The first-order valence-electron chi connectivity index (χ1n) is 12.9. The molecule has 1 unspecified atom stereocenters. The largest absolute Gasteiger partial charge is 0.508 e. The fourth-order valence-electron chi connectivity index (χ4n) is 6.54. The molecule has 2 bridgehead atoms. The Kier molecular flexibility index (Phi) is 5.16. The topological polar surface area (TPSA) is 160 Å². The van der Waals surface area contributed by atoms with Crippen LogP contribution in [0.2, 0.25) is 0 Å². The SMILES string of the molecule is Oc1ccc([C@H]2Oc3c(c(O)cc4c3[C@H]3c5c(O)cc(O)cc5C[C@@](c5ccc(O)cc5)(O4)[C@H]3O)CC2O)cc1. The predicted molar refractivity (Wildman–Crippen MR) is 141 cm³/mol. The second-order valence-electron chi connectivity index (χ2n) is 10.7. The van der Waals surface area contributed by atoms with Crippen LogP contribution in [0.4, 0.5) is 0 Å². The number of fused-ring (bicyclic) bond motifs is 8. The number of benzene rings is 4. The van der Waals surface area contributed by atoms with Gasteiger partial charge >= 0.3 is 0 Å². The molecule has 5 atom stereocenters. The average molecular weight is 543 g/mol. The zero-order valence-corrected chi connectivity index (χ0v) is 21.0. The molecule has 0 saturated heterocycles. The quantitative estimate of drug-likeness (QED) is 0.201. The smallest absolute Gasteiger partial charge is 0.165 e. The number of phenols is 5. The zero-order valence-electron chi connectivity index (χ0n) is 21.0. The lowest BCUT2D eigenvalue weighted by atomic mass is 9.64.